The molecule has 0 aliphatic heterocycles. The van der Waals surface area contributed by atoms with Crippen molar-refractivity contribution < 1.29 is 18.7 Å². The van der Waals surface area contributed by atoms with Crippen LogP contribution in [0.25, 0.3) is 22.0 Å². The number of carbonyl (C=O) groups excluding carboxylic acids is 1. The average molecular weight is 549 g/mol. The molecule has 1 aliphatic rings. The van der Waals surface area contributed by atoms with Crippen LogP contribution in [-0.4, -0.2) is 41.0 Å². The third-order valence-electron chi connectivity index (χ3n) is 7.40. The lowest BCUT2D eigenvalue weighted by Gasteiger charge is -2.22. The van der Waals surface area contributed by atoms with E-state index in [1.165, 1.54) is 0 Å². The number of hydrogen-bond donors (Lipinski definition) is 1. The Hall–Kier alpha value is -4.85. The van der Waals surface area contributed by atoms with E-state index in [0.717, 1.165) is 63.3 Å². The molecule has 0 atom stereocenters. The van der Waals surface area contributed by atoms with Crippen molar-refractivity contribution in [3.05, 3.63) is 102 Å². The van der Waals surface area contributed by atoms with Crippen molar-refractivity contribution in [1.29, 1.82) is 0 Å². The Morgan fingerprint density at radius 3 is 2.63 bits per heavy atom. The molecule has 3 aromatic carbocycles. The van der Waals surface area contributed by atoms with E-state index in [1.54, 1.807) is 26.8 Å². The Kier molecular flexibility index (Phi) is 7.54. The molecule has 1 fully saturated rings. The van der Waals surface area contributed by atoms with Crippen molar-refractivity contribution >= 4 is 22.6 Å². The van der Waals surface area contributed by atoms with E-state index in [4.69, 9.17) is 13.9 Å². The molecule has 0 spiro atoms. The zero-order valence-electron chi connectivity index (χ0n) is 23.2. The highest BCUT2D eigenvalue weighted by Crippen LogP contribution is 2.32. The van der Waals surface area contributed by atoms with E-state index < -0.39 is 0 Å². The predicted molar refractivity (Wildman–Crippen MR) is 158 cm³/mol. The number of rotatable bonds is 11. The minimum absolute atomic E-state index is 0.0971. The van der Waals surface area contributed by atoms with Gasteiger partial charge in [0.2, 0.25) is 5.91 Å². The van der Waals surface area contributed by atoms with Crippen LogP contribution in [-0.2, 0) is 24.3 Å². The molecule has 8 heteroatoms. The van der Waals surface area contributed by atoms with E-state index in [2.05, 4.69) is 45.6 Å². The molecule has 0 unspecified atom stereocenters. The van der Waals surface area contributed by atoms with E-state index in [0.29, 0.717) is 24.9 Å². The Morgan fingerprint density at radius 1 is 0.976 bits per heavy atom. The fourth-order valence-corrected chi connectivity index (χ4v) is 5.07. The molecule has 0 saturated heterocycles. The van der Waals surface area contributed by atoms with Gasteiger partial charge in [-0.3, -0.25) is 4.79 Å². The number of hydrogen-bond acceptors (Lipinski definition) is 7. The smallest absolute Gasteiger partial charge is 0.230 e. The van der Waals surface area contributed by atoms with Crippen molar-refractivity contribution in [2.24, 2.45) is 0 Å². The van der Waals surface area contributed by atoms with Gasteiger partial charge in [0.05, 0.1) is 32.4 Å². The lowest BCUT2D eigenvalue weighted by Crippen LogP contribution is -2.33. The zero-order valence-corrected chi connectivity index (χ0v) is 23.2. The number of anilines is 1. The molecule has 2 aromatic heterocycles. The third-order valence-corrected chi connectivity index (χ3v) is 7.40. The fraction of sp³-hybridized carbons (Fsp3) is 0.242. The van der Waals surface area contributed by atoms with Gasteiger partial charge in [-0.1, -0.05) is 24.3 Å². The maximum atomic E-state index is 13.1. The first-order valence-electron chi connectivity index (χ1n) is 13.7. The topological polar surface area (TPSA) is 89.7 Å². The molecule has 1 aliphatic carbocycles. The van der Waals surface area contributed by atoms with Crippen LogP contribution in [0, 0.1) is 0 Å². The van der Waals surface area contributed by atoms with Crippen LogP contribution >= 0.6 is 0 Å². The van der Waals surface area contributed by atoms with E-state index in [-0.39, 0.29) is 12.3 Å². The van der Waals surface area contributed by atoms with Crippen LogP contribution in [0.2, 0.25) is 0 Å². The molecule has 1 saturated carbocycles. The summed E-state index contributed by atoms with van der Waals surface area (Å²) in [7, 11) is 3.29. The summed E-state index contributed by atoms with van der Waals surface area (Å²) in [6.45, 7) is 1.10. The zero-order chi connectivity index (χ0) is 28.2. The minimum Gasteiger partial charge on any atom is -0.497 e. The van der Waals surface area contributed by atoms with Gasteiger partial charge in [-0.25, -0.2) is 9.97 Å². The summed E-state index contributed by atoms with van der Waals surface area (Å²) >= 11 is 0. The number of carbonyl (C=O) groups is 1. The van der Waals surface area contributed by atoms with Crippen LogP contribution < -0.4 is 14.8 Å². The number of nitrogens with zero attached hydrogens (tertiary/aromatic N) is 3. The quantitative estimate of drug-likeness (QED) is 0.209. The summed E-state index contributed by atoms with van der Waals surface area (Å²) in [6.07, 6.45) is 5.56. The number of benzene rings is 3. The first-order valence-corrected chi connectivity index (χ1v) is 13.7. The summed E-state index contributed by atoms with van der Waals surface area (Å²) in [6, 6.07) is 24.3. The summed E-state index contributed by atoms with van der Waals surface area (Å²) in [4.78, 5) is 24.1. The van der Waals surface area contributed by atoms with E-state index in [9.17, 15) is 4.79 Å². The molecule has 5 aromatic rings. The molecule has 0 bridgehead atoms. The average Bonchev–Trinajstić information content (AvgIpc) is 3.73. The monoisotopic (exact) mass is 548 g/mol. The Balaban J connectivity index is 1.23. The first kappa shape index (κ1) is 26.4. The summed E-state index contributed by atoms with van der Waals surface area (Å²) in [5, 5.41) is 4.39. The highest BCUT2D eigenvalue weighted by molar-refractivity contribution is 5.92. The van der Waals surface area contributed by atoms with Crippen LogP contribution in [0.4, 0.5) is 5.82 Å². The molecule has 41 heavy (non-hydrogen) atoms. The lowest BCUT2D eigenvalue weighted by molar-refractivity contribution is -0.131. The van der Waals surface area contributed by atoms with Gasteiger partial charge < -0.3 is 24.1 Å². The van der Waals surface area contributed by atoms with Crippen LogP contribution in [0.1, 0.15) is 29.7 Å². The van der Waals surface area contributed by atoms with E-state index in [1.807, 2.05) is 47.4 Å². The SMILES string of the molecule is COc1ccc(CNc2ncnc3ccc(-c4cccc(CN(C(=O)Cc5ccco5)C5CC5)c4)cc23)c(OC)c1. The van der Waals surface area contributed by atoms with Crippen LogP contribution in [0.15, 0.2) is 89.8 Å². The number of amides is 1. The maximum absolute atomic E-state index is 13.1. The van der Waals surface area contributed by atoms with Gasteiger partial charge in [-0.2, -0.15) is 0 Å². The summed E-state index contributed by atoms with van der Waals surface area (Å²) in [5.74, 6) is 3.03. The van der Waals surface area contributed by atoms with Crippen molar-refractivity contribution in [3.63, 3.8) is 0 Å². The maximum Gasteiger partial charge on any atom is 0.230 e. The number of aromatic nitrogens is 2. The van der Waals surface area contributed by atoms with Gasteiger partial charge in [0, 0.05) is 36.1 Å². The molecule has 1 amide bonds. The van der Waals surface area contributed by atoms with Gasteiger partial charge in [0.25, 0.3) is 0 Å². The molecule has 208 valence electrons. The second-order valence-electron chi connectivity index (χ2n) is 10.2. The molecule has 2 heterocycles. The van der Waals surface area contributed by atoms with Crippen molar-refractivity contribution in [1.82, 2.24) is 14.9 Å². The molecule has 6 rings (SSSR count). The van der Waals surface area contributed by atoms with Crippen molar-refractivity contribution in [3.8, 4) is 22.6 Å². The van der Waals surface area contributed by atoms with Crippen LogP contribution in [0.5, 0.6) is 11.5 Å². The Bertz CT molecular complexity index is 1660. The van der Waals surface area contributed by atoms with Gasteiger partial charge in [0.15, 0.2) is 0 Å². The van der Waals surface area contributed by atoms with E-state index >= 15 is 0 Å². The highest BCUT2D eigenvalue weighted by Gasteiger charge is 2.32. The van der Waals surface area contributed by atoms with Gasteiger partial charge in [-0.15, -0.1) is 0 Å². The Labute approximate surface area is 238 Å². The number of methoxy groups -OCH3 is 2. The number of nitrogens with one attached hydrogen (secondary N) is 1. The second kappa shape index (κ2) is 11.7. The summed E-state index contributed by atoms with van der Waals surface area (Å²) in [5.41, 5.74) is 5.07. The molecule has 8 nitrogen and oxygen atoms in total. The molecule has 1 N–H and O–H groups in total. The van der Waals surface area contributed by atoms with Gasteiger partial charge in [-0.05, 0) is 72.0 Å². The van der Waals surface area contributed by atoms with Crippen LogP contribution in [0.3, 0.4) is 0 Å². The highest BCUT2D eigenvalue weighted by atomic mass is 16.5. The van der Waals surface area contributed by atoms with Crippen molar-refractivity contribution in [2.75, 3.05) is 19.5 Å². The number of furan rings is 1. The minimum atomic E-state index is 0.0971. The Morgan fingerprint density at radius 2 is 1.85 bits per heavy atom. The fourth-order valence-electron chi connectivity index (χ4n) is 5.07. The second-order valence-corrected chi connectivity index (χ2v) is 10.2. The van der Waals surface area contributed by atoms with Gasteiger partial charge in [0.1, 0.15) is 29.4 Å². The molecular weight excluding hydrogens is 516 g/mol. The van der Waals surface area contributed by atoms with Crippen molar-refractivity contribution in [2.45, 2.75) is 38.4 Å². The normalized spacial score (nSPS) is 12.7. The molecule has 0 radical (unpaired) electrons. The molecular formula is C33H32N4O4. The first-order chi connectivity index (χ1) is 20.1. The number of fused-ring (bicyclic) bond motifs is 1. The lowest BCUT2D eigenvalue weighted by atomic mass is 10.0. The largest absolute Gasteiger partial charge is 0.497 e. The third kappa shape index (κ3) is 6.01. The summed E-state index contributed by atoms with van der Waals surface area (Å²) < 4.78 is 16.3. The number of ether oxygens (including phenoxy) is 2. The predicted octanol–water partition coefficient (Wildman–Crippen LogP) is 6.25. The van der Waals surface area contributed by atoms with Gasteiger partial charge >= 0.3 is 0 Å². The standard InChI is InChI=1S/C33H32N4O4/c1-39-27-12-8-25(31(17-27)40-2)19-34-33-29-16-24(9-13-30(29)35-21-36-33)23-6-3-5-22(15-23)20-37(26-10-11-26)32(38)18-28-7-4-14-41-28/h3-9,12-17,21,26H,10-11,18-20H2,1-2H3,(H,34,35,36).